The van der Waals surface area contributed by atoms with Gasteiger partial charge in [0.25, 0.3) is 5.91 Å². The topological polar surface area (TPSA) is 121 Å². The summed E-state index contributed by atoms with van der Waals surface area (Å²) >= 11 is 0. The van der Waals surface area contributed by atoms with Crippen molar-refractivity contribution in [3.05, 3.63) is 29.8 Å². The first-order valence-electron chi connectivity index (χ1n) is 6.29. The second kappa shape index (κ2) is 7.19. The summed E-state index contributed by atoms with van der Waals surface area (Å²) < 4.78 is 23.9. The maximum atomic E-state index is 12.1. The molecule has 0 unspecified atom stereocenters. The number of carboxylic acid groups (broad SMARTS) is 1. The van der Waals surface area contributed by atoms with E-state index in [0.29, 0.717) is 0 Å². The van der Waals surface area contributed by atoms with E-state index in [9.17, 15) is 18.0 Å². The van der Waals surface area contributed by atoms with E-state index in [1.54, 1.807) is 0 Å². The van der Waals surface area contributed by atoms with Crippen molar-refractivity contribution in [1.82, 2.24) is 5.32 Å². The monoisotopic (exact) mass is 315 g/mol. The van der Waals surface area contributed by atoms with E-state index in [4.69, 9.17) is 10.2 Å². The van der Waals surface area contributed by atoms with Crippen LogP contribution in [0.3, 0.4) is 0 Å². The second-order valence-electron chi connectivity index (χ2n) is 4.28. The summed E-state index contributed by atoms with van der Waals surface area (Å²) in [6, 6.07) is 4.32. The Bertz CT molecular complexity index is 625. The first kappa shape index (κ1) is 17.1. The molecule has 0 heterocycles. The van der Waals surface area contributed by atoms with Gasteiger partial charge in [0.1, 0.15) is 6.04 Å². The minimum atomic E-state index is -3.60. The van der Waals surface area contributed by atoms with Gasteiger partial charge in [-0.15, -0.1) is 0 Å². The molecule has 8 heteroatoms. The first-order valence-corrected chi connectivity index (χ1v) is 7.95. The third kappa shape index (κ3) is 4.27. The van der Waals surface area contributed by atoms with Gasteiger partial charge in [0.2, 0.25) is 0 Å². The van der Waals surface area contributed by atoms with Gasteiger partial charge in [-0.05, 0) is 12.1 Å². The van der Waals surface area contributed by atoms with Crippen LogP contribution in [0.15, 0.2) is 29.2 Å². The Labute approximate surface area is 122 Å². The lowest BCUT2D eigenvalue weighted by Gasteiger charge is -2.15. The van der Waals surface area contributed by atoms with Crippen molar-refractivity contribution >= 4 is 21.7 Å². The molecule has 0 saturated carbocycles. The number of sulfone groups is 1. The average Bonchev–Trinajstić information content (AvgIpc) is 2.46. The smallest absolute Gasteiger partial charge is 0.326 e. The van der Waals surface area contributed by atoms with Crippen molar-refractivity contribution in [2.75, 3.05) is 12.4 Å². The van der Waals surface area contributed by atoms with Crippen LogP contribution in [-0.2, 0) is 14.6 Å². The molecule has 0 aliphatic heterocycles. The SMILES string of the molecule is CCS(=O)(=O)c1ccccc1C(=O)N[C@H](CCO)C(=O)O. The van der Waals surface area contributed by atoms with Crippen LogP contribution < -0.4 is 5.32 Å². The predicted molar refractivity (Wildman–Crippen MR) is 74.8 cm³/mol. The molecule has 0 aliphatic carbocycles. The molecule has 1 atom stereocenters. The highest BCUT2D eigenvalue weighted by Gasteiger charge is 2.24. The predicted octanol–water partition coefficient (Wildman–Crippen LogP) is 0.0456. The Morgan fingerprint density at radius 3 is 2.43 bits per heavy atom. The number of amides is 1. The van der Waals surface area contributed by atoms with Crippen molar-refractivity contribution < 1.29 is 28.2 Å². The van der Waals surface area contributed by atoms with Gasteiger partial charge in [0.05, 0.1) is 16.2 Å². The summed E-state index contributed by atoms with van der Waals surface area (Å²) in [5.41, 5.74) is -0.108. The minimum absolute atomic E-state index is 0.108. The molecule has 0 radical (unpaired) electrons. The zero-order valence-corrected chi connectivity index (χ0v) is 12.3. The lowest BCUT2D eigenvalue weighted by atomic mass is 10.1. The van der Waals surface area contributed by atoms with Gasteiger partial charge in [-0.1, -0.05) is 19.1 Å². The highest BCUT2D eigenvalue weighted by molar-refractivity contribution is 7.91. The van der Waals surface area contributed by atoms with E-state index in [1.807, 2.05) is 0 Å². The molecule has 0 fully saturated rings. The van der Waals surface area contributed by atoms with Crippen LogP contribution in [0.4, 0.5) is 0 Å². The lowest BCUT2D eigenvalue weighted by Crippen LogP contribution is -2.41. The molecule has 0 aromatic heterocycles. The van der Waals surface area contributed by atoms with Gasteiger partial charge in [0.15, 0.2) is 9.84 Å². The molecule has 7 nitrogen and oxygen atoms in total. The van der Waals surface area contributed by atoms with Crippen LogP contribution in [0, 0.1) is 0 Å². The number of rotatable bonds is 7. The van der Waals surface area contributed by atoms with Crippen LogP contribution in [-0.4, -0.2) is 48.9 Å². The van der Waals surface area contributed by atoms with Gasteiger partial charge < -0.3 is 15.5 Å². The van der Waals surface area contributed by atoms with E-state index in [2.05, 4.69) is 5.32 Å². The summed E-state index contributed by atoms with van der Waals surface area (Å²) in [6.07, 6.45) is -0.163. The van der Waals surface area contributed by atoms with Crippen molar-refractivity contribution in [2.24, 2.45) is 0 Å². The molecule has 0 bridgehead atoms. The largest absolute Gasteiger partial charge is 0.480 e. The number of aliphatic hydroxyl groups is 1. The Morgan fingerprint density at radius 2 is 1.90 bits per heavy atom. The van der Waals surface area contributed by atoms with E-state index in [-0.39, 0.29) is 22.6 Å². The molecule has 0 saturated heterocycles. The number of benzene rings is 1. The van der Waals surface area contributed by atoms with Crippen molar-refractivity contribution in [1.29, 1.82) is 0 Å². The summed E-state index contributed by atoms with van der Waals surface area (Å²) in [4.78, 5) is 22.9. The summed E-state index contributed by atoms with van der Waals surface area (Å²) in [5.74, 6) is -2.27. The zero-order valence-electron chi connectivity index (χ0n) is 11.4. The van der Waals surface area contributed by atoms with Crippen molar-refractivity contribution in [3.63, 3.8) is 0 Å². The first-order chi connectivity index (χ1) is 9.83. The van der Waals surface area contributed by atoms with E-state index >= 15 is 0 Å². The van der Waals surface area contributed by atoms with Gasteiger partial charge in [-0.3, -0.25) is 4.79 Å². The summed E-state index contributed by atoms with van der Waals surface area (Å²) in [5, 5.41) is 19.9. The van der Waals surface area contributed by atoms with Crippen LogP contribution in [0.25, 0.3) is 0 Å². The molecular formula is C13H17NO6S. The maximum absolute atomic E-state index is 12.1. The number of carbonyl (C=O) groups is 2. The van der Waals surface area contributed by atoms with Gasteiger partial charge in [-0.2, -0.15) is 0 Å². The number of aliphatic carboxylic acids is 1. The van der Waals surface area contributed by atoms with Gasteiger partial charge >= 0.3 is 5.97 Å². The molecular weight excluding hydrogens is 298 g/mol. The number of carbonyl (C=O) groups excluding carboxylic acids is 1. The molecule has 0 spiro atoms. The fourth-order valence-corrected chi connectivity index (χ4v) is 2.80. The van der Waals surface area contributed by atoms with Crippen LogP contribution in [0.1, 0.15) is 23.7 Å². The third-order valence-electron chi connectivity index (χ3n) is 2.87. The number of nitrogens with one attached hydrogen (secondary N) is 1. The van der Waals surface area contributed by atoms with Crippen molar-refractivity contribution in [3.8, 4) is 0 Å². The third-order valence-corrected chi connectivity index (χ3v) is 4.65. The number of hydrogen-bond acceptors (Lipinski definition) is 5. The molecule has 3 N–H and O–H groups in total. The normalized spacial score (nSPS) is 12.7. The molecule has 1 aromatic carbocycles. The molecule has 1 amide bonds. The summed E-state index contributed by atoms with van der Waals surface area (Å²) in [7, 11) is -3.60. The molecule has 0 aliphatic rings. The zero-order chi connectivity index (χ0) is 16.0. The molecule has 21 heavy (non-hydrogen) atoms. The Hall–Kier alpha value is -1.93. The standard InChI is InChI=1S/C13H17NO6S/c1-2-21(19,20)11-6-4-3-5-9(11)12(16)14-10(7-8-15)13(17)18/h3-6,10,15H,2,7-8H2,1H3,(H,14,16)(H,17,18)/t10-/m1/s1. The fraction of sp³-hybridized carbons (Fsp3) is 0.385. The Morgan fingerprint density at radius 1 is 1.29 bits per heavy atom. The highest BCUT2D eigenvalue weighted by Crippen LogP contribution is 2.17. The highest BCUT2D eigenvalue weighted by atomic mass is 32.2. The van der Waals surface area contributed by atoms with Gasteiger partial charge in [0, 0.05) is 13.0 Å². The summed E-state index contributed by atoms with van der Waals surface area (Å²) in [6.45, 7) is 1.04. The Balaban J connectivity index is 3.11. The quantitative estimate of drug-likeness (QED) is 0.653. The number of carboxylic acids is 1. The van der Waals surface area contributed by atoms with Crippen LogP contribution >= 0.6 is 0 Å². The fourth-order valence-electron chi connectivity index (χ4n) is 1.70. The van der Waals surface area contributed by atoms with Crippen LogP contribution in [0.5, 0.6) is 0 Å². The minimum Gasteiger partial charge on any atom is -0.480 e. The number of aliphatic hydroxyl groups excluding tert-OH is 1. The average molecular weight is 315 g/mol. The molecule has 116 valence electrons. The Kier molecular flexibility index (Phi) is 5.86. The van der Waals surface area contributed by atoms with Gasteiger partial charge in [-0.25, -0.2) is 13.2 Å². The van der Waals surface area contributed by atoms with E-state index < -0.39 is 34.4 Å². The molecule has 1 aromatic rings. The van der Waals surface area contributed by atoms with E-state index in [1.165, 1.54) is 31.2 Å². The van der Waals surface area contributed by atoms with E-state index in [0.717, 1.165) is 0 Å². The van der Waals surface area contributed by atoms with Crippen LogP contribution in [0.2, 0.25) is 0 Å². The second-order valence-corrected chi connectivity index (χ2v) is 6.52. The lowest BCUT2D eigenvalue weighted by molar-refractivity contribution is -0.139. The number of hydrogen-bond donors (Lipinski definition) is 3. The maximum Gasteiger partial charge on any atom is 0.326 e. The van der Waals surface area contributed by atoms with Crippen molar-refractivity contribution in [2.45, 2.75) is 24.3 Å². The molecule has 1 rings (SSSR count).